The number of carbonyl (C=O) groups is 3. The van der Waals surface area contributed by atoms with Gasteiger partial charge in [0.15, 0.2) is 0 Å². The number of hydrogen-bond acceptors (Lipinski definition) is 4. The first-order valence-electron chi connectivity index (χ1n) is 11.0. The molecule has 2 unspecified atom stereocenters. The Morgan fingerprint density at radius 2 is 1.78 bits per heavy atom. The number of carbonyl (C=O) groups excluding carboxylic acids is 3. The topological polar surface area (TPSA) is 79.0 Å². The maximum atomic E-state index is 13.3. The van der Waals surface area contributed by atoms with Crippen molar-refractivity contribution in [2.45, 2.75) is 58.3 Å². The van der Waals surface area contributed by atoms with Crippen molar-refractivity contribution in [2.24, 2.45) is 0 Å². The summed E-state index contributed by atoms with van der Waals surface area (Å²) >= 11 is 0. The van der Waals surface area contributed by atoms with Crippen LogP contribution in [0.3, 0.4) is 0 Å². The van der Waals surface area contributed by atoms with E-state index < -0.39 is 5.66 Å². The molecule has 4 rings (SSSR count). The van der Waals surface area contributed by atoms with Crippen molar-refractivity contribution < 1.29 is 19.1 Å². The number of benzene rings is 2. The lowest BCUT2D eigenvalue weighted by molar-refractivity contribution is -0.124. The summed E-state index contributed by atoms with van der Waals surface area (Å²) in [6.07, 6.45) is 0.928. The number of nitrogens with one attached hydrogen (secondary N) is 1. The van der Waals surface area contributed by atoms with Gasteiger partial charge >= 0.3 is 0 Å². The monoisotopic (exact) mass is 435 g/mol. The van der Waals surface area contributed by atoms with Crippen molar-refractivity contribution in [3.8, 4) is 5.75 Å². The molecule has 2 heterocycles. The minimum Gasteiger partial charge on any atom is -0.491 e. The van der Waals surface area contributed by atoms with Crippen molar-refractivity contribution in [3.05, 3.63) is 59.7 Å². The van der Waals surface area contributed by atoms with Crippen molar-refractivity contribution in [1.82, 2.24) is 10.2 Å². The molecule has 2 aromatic carbocycles. The summed E-state index contributed by atoms with van der Waals surface area (Å²) in [5.74, 6) is 0.244. The van der Waals surface area contributed by atoms with Gasteiger partial charge in [0.05, 0.1) is 23.4 Å². The van der Waals surface area contributed by atoms with Crippen LogP contribution in [0.4, 0.5) is 5.69 Å². The third-order valence-corrected chi connectivity index (χ3v) is 6.18. The molecule has 0 spiro atoms. The van der Waals surface area contributed by atoms with Crippen molar-refractivity contribution in [3.63, 3.8) is 0 Å². The maximum absolute atomic E-state index is 13.3. The van der Waals surface area contributed by atoms with E-state index in [1.807, 2.05) is 58.0 Å². The van der Waals surface area contributed by atoms with Crippen LogP contribution in [0.1, 0.15) is 62.5 Å². The molecule has 0 aliphatic carbocycles. The molecule has 1 N–H and O–H groups in total. The number of rotatable bonds is 6. The third kappa shape index (κ3) is 3.83. The maximum Gasteiger partial charge on any atom is 0.258 e. The Morgan fingerprint density at radius 1 is 1.09 bits per heavy atom. The molecule has 1 fully saturated rings. The standard InChI is InChI=1S/C25H29N3O4/c1-16(2)32-19-11-9-18(10-12-19)17(3)26-22(29)15-27-24(31)20-7-5-6-8-21(20)28-23(30)13-14-25(27,28)4/h5-12,16-17H,13-15H2,1-4H3,(H,26,29). The zero-order valence-electron chi connectivity index (χ0n) is 18.9. The first-order chi connectivity index (χ1) is 15.2. The lowest BCUT2D eigenvalue weighted by Crippen LogP contribution is -2.63. The van der Waals surface area contributed by atoms with E-state index in [1.165, 1.54) is 4.90 Å². The highest BCUT2D eigenvalue weighted by Gasteiger charge is 2.53. The summed E-state index contributed by atoms with van der Waals surface area (Å²) in [5.41, 5.74) is 1.16. The van der Waals surface area contributed by atoms with Crippen LogP contribution >= 0.6 is 0 Å². The molecule has 7 nitrogen and oxygen atoms in total. The summed E-state index contributed by atoms with van der Waals surface area (Å²) in [4.78, 5) is 42.1. The number of anilines is 1. The highest BCUT2D eigenvalue weighted by atomic mass is 16.5. The molecule has 0 radical (unpaired) electrons. The fraction of sp³-hybridized carbons (Fsp3) is 0.400. The molecule has 7 heteroatoms. The van der Waals surface area contributed by atoms with Gasteiger partial charge in [-0.2, -0.15) is 0 Å². The van der Waals surface area contributed by atoms with Crippen LogP contribution in [-0.2, 0) is 9.59 Å². The highest BCUT2D eigenvalue weighted by Crippen LogP contribution is 2.43. The zero-order chi connectivity index (χ0) is 23.0. The molecule has 168 valence electrons. The molecule has 2 aliphatic heterocycles. The largest absolute Gasteiger partial charge is 0.491 e. The Morgan fingerprint density at radius 3 is 2.47 bits per heavy atom. The molecular weight excluding hydrogens is 406 g/mol. The van der Waals surface area contributed by atoms with Crippen LogP contribution in [0.2, 0.25) is 0 Å². The van der Waals surface area contributed by atoms with Crippen LogP contribution < -0.4 is 15.0 Å². The van der Waals surface area contributed by atoms with Crippen LogP contribution in [-0.4, -0.2) is 40.9 Å². The molecule has 3 amide bonds. The Hall–Kier alpha value is -3.35. The van der Waals surface area contributed by atoms with Crippen LogP contribution in [0.5, 0.6) is 5.75 Å². The first kappa shape index (κ1) is 21.9. The van der Waals surface area contributed by atoms with Crippen LogP contribution in [0.15, 0.2) is 48.5 Å². The number of hydrogen-bond donors (Lipinski definition) is 1. The summed E-state index contributed by atoms with van der Waals surface area (Å²) < 4.78 is 5.67. The number of para-hydroxylation sites is 1. The summed E-state index contributed by atoms with van der Waals surface area (Å²) in [7, 11) is 0. The van der Waals surface area contributed by atoms with Crippen molar-refractivity contribution >= 4 is 23.4 Å². The zero-order valence-corrected chi connectivity index (χ0v) is 18.9. The van der Waals surface area contributed by atoms with Crippen LogP contribution in [0, 0.1) is 0 Å². The molecule has 0 bridgehead atoms. The predicted molar refractivity (Wildman–Crippen MR) is 121 cm³/mol. The van der Waals surface area contributed by atoms with Crippen molar-refractivity contribution in [2.75, 3.05) is 11.4 Å². The van der Waals surface area contributed by atoms with E-state index in [2.05, 4.69) is 5.32 Å². The Balaban J connectivity index is 1.50. The lowest BCUT2D eigenvalue weighted by Gasteiger charge is -2.48. The van der Waals surface area contributed by atoms with E-state index in [1.54, 1.807) is 23.1 Å². The highest BCUT2D eigenvalue weighted by molar-refractivity contribution is 6.11. The van der Waals surface area contributed by atoms with Gasteiger partial charge in [0.2, 0.25) is 11.8 Å². The quantitative estimate of drug-likeness (QED) is 0.751. The Bertz CT molecular complexity index is 1050. The van der Waals surface area contributed by atoms with E-state index in [4.69, 9.17) is 4.74 Å². The smallest absolute Gasteiger partial charge is 0.258 e. The van der Waals surface area contributed by atoms with E-state index >= 15 is 0 Å². The van der Waals surface area contributed by atoms with E-state index in [0.717, 1.165) is 11.3 Å². The predicted octanol–water partition coefficient (Wildman–Crippen LogP) is 3.65. The van der Waals surface area contributed by atoms with Gasteiger partial charge in [0, 0.05) is 6.42 Å². The van der Waals surface area contributed by atoms with Gasteiger partial charge in [-0.25, -0.2) is 0 Å². The third-order valence-electron chi connectivity index (χ3n) is 6.18. The average Bonchev–Trinajstić information content (AvgIpc) is 3.06. The van der Waals surface area contributed by atoms with Crippen LogP contribution in [0.25, 0.3) is 0 Å². The molecule has 0 saturated carbocycles. The second kappa shape index (κ2) is 8.30. The molecule has 2 aromatic rings. The molecular formula is C25H29N3O4. The van der Waals surface area contributed by atoms with Gasteiger partial charge in [0.1, 0.15) is 18.0 Å². The molecule has 2 aliphatic rings. The number of nitrogens with zero attached hydrogens (tertiary/aromatic N) is 2. The Labute approximate surface area is 188 Å². The second-order valence-corrected chi connectivity index (χ2v) is 8.88. The van der Waals surface area contributed by atoms with Gasteiger partial charge in [-0.05, 0) is 63.9 Å². The van der Waals surface area contributed by atoms with E-state index in [-0.39, 0.29) is 36.4 Å². The summed E-state index contributed by atoms with van der Waals surface area (Å²) in [6, 6.07) is 14.5. The van der Waals surface area contributed by atoms with E-state index in [9.17, 15) is 14.4 Å². The summed E-state index contributed by atoms with van der Waals surface area (Å²) in [6.45, 7) is 7.58. The summed E-state index contributed by atoms with van der Waals surface area (Å²) in [5, 5.41) is 2.98. The van der Waals surface area contributed by atoms with Gasteiger partial charge in [-0.1, -0.05) is 24.3 Å². The average molecular weight is 436 g/mol. The number of ether oxygens (including phenoxy) is 1. The fourth-order valence-electron chi connectivity index (χ4n) is 4.56. The molecule has 0 aromatic heterocycles. The van der Waals surface area contributed by atoms with Gasteiger partial charge in [0.25, 0.3) is 5.91 Å². The SMILES string of the molecule is CC(C)Oc1ccc(C(C)NC(=O)CN2C(=O)c3ccccc3N3C(=O)CCC23C)cc1. The normalized spacial score (nSPS) is 20.8. The number of fused-ring (bicyclic) bond motifs is 3. The minimum absolute atomic E-state index is 0.0325. The molecule has 32 heavy (non-hydrogen) atoms. The first-order valence-corrected chi connectivity index (χ1v) is 11.0. The second-order valence-electron chi connectivity index (χ2n) is 8.88. The molecule has 2 atom stereocenters. The number of amides is 3. The van der Waals surface area contributed by atoms with E-state index in [0.29, 0.717) is 24.1 Å². The minimum atomic E-state index is -0.848. The Kier molecular flexibility index (Phi) is 5.67. The van der Waals surface area contributed by atoms with Gasteiger partial charge in [-0.3, -0.25) is 19.3 Å². The molecule has 1 saturated heterocycles. The van der Waals surface area contributed by atoms with Gasteiger partial charge in [-0.15, -0.1) is 0 Å². The lowest BCUT2D eigenvalue weighted by atomic mass is 9.98. The van der Waals surface area contributed by atoms with Gasteiger partial charge < -0.3 is 15.0 Å². The fourth-order valence-corrected chi connectivity index (χ4v) is 4.56. The van der Waals surface area contributed by atoms with Crippen molar-refractivity contribution in [1.29, 1.82) is 0 Å².